The van der Waals surface area contributed by atoms with E-state index in [4.69, 9.17) is 15.7 Å². The highest BCUT2D eigenvalue weighted by Gasteiger charge is 2.10. The normalized spacial score (nSPS) is 10.1. The van der Waals surface area contributed by atoms with Crippen LogP contribution in [0.4, 0.5) is 0 Å². The zero-order valence-electron chi connectivity index (χ0n) is 7.94. The molecule has 1 aromatic carbocycles. The highest BCUT2D eigenvalue weighted by atomic mass is 32.1. The Balaban J connectivity index is 2.36. The van der Waals surface area contributed by atoms with Crippen molar-refractivity contribution in [2.24, 2.45) is 0 Å². The summed E-state index contributed by atoms with van der Waals surface area (Å²) in [5.74, 6) is -0.0380. The van der Waals surface area contributed by atoms with Crippen LogP contribution in [0.25, 0.3) is 0 Å². The van der Waals surface area contributed by atoms with Crippen LogP contribution in [-0.4, -0.2) is 21.5 Å². The van der Waals surface area contributed by atoms with Gasteiger partial charge in [0.15, 0.2) is 0 Å². The Morgan fingerprint density at radius 2 is 1.93 bits per heavy atom. The van der Waals surface area contributed by atoms with Crippen LogP contribution in [0.3, 0.4) is 0 Å². The lowest BCUT2D eigenvalue weighted by molar-refractivity contribution is 0.104. The Morgan fingerprint density at radius 3 is 2.53 bits per heavy atom. The average Bonchev–Trinajstić information content (AvgIpc) is 2.64. The summed E-state index contributed by atoms with van der Waals surface area (Å²) in [6, 6.07) is 8.60. The van der Waals surface area contributed by atoms with Crippen molar-refractivity contribution in [3.63, 3.8) is 0 Å². The van der Waals surface area contributed by atoms with Crippen molar-refractivity contribution >= 4 is 43.7 Å². The highest BCUT2D eigenvalue weighted by molar-refractivity contribution is 7.13. The minimum Gasteiger partial charge on any atom is -0.288 e. The van der Waals surface area contributed by atoms with Crippen molar-refractivity contribution in [3.8, 4) is 0 Å². The van der Waals surface area contributed by atoms with Gasteiger partial charge in [-0.1, -0.05) is 35.2 Å². The summed E-state index contributed by atoms with van der Waals surface area (Å²) >= 11 is 1.34. The summed E-state index contributed by atoms with van der Waals surface area (Å²) in [6.45, 7) is 0. The third-order valence-corrected chi connectivity index (χ3v) is 2.94. The van der Waals surface area contributed by atoms with Crippen LogP contribution >= 0.6 is 11.3 Å². The third-order valence-electron chi connectivity index (χ3n) is 1.99. The van der Waals surface area contributed by atoms with Crippen LogP contribution in [0.2, 0.25) is 0 Å². The molecule has 0 unspecified atom stereocenters. The predicted octanol–water partition coefficient (Wildman–Crippen LogP) is 0.567. The fourth-order valence-electron chi connectivity index (χ4n) is 1.29. The van der Waals surface area contributed by atoms with Crippen LogP contribution in [0.15, 0.2) is 35.7 Å². The Kier molecular flexibility index (Phi) is 2.78. The monoisotopic (exact) mass is 208 g/mol. The number of carbonyl (C=O) groups is 1. The highest BCUT2D eigenvalue weighted by Crippen LogP contribution is 2.12. The van der Waals surface area contributed by atoms with Gasteiger partial charge in [0.05, 0.1) is 4.88 Å². The molecule has 2 rings (SSSR count). The molecule has 15 heavy (non-hydrogen) atoms. The van der Waals surface area contributed by atoms with Gasteiger partial charge in [-0.2, -0.15) is 0 Å². The molecular formula is C11H6B2OS. The van der Waals surface area contributed by atoms with Crippen molar-refractivity contribution in [1.82, 2.24) is 0 Å². The van der Waals surface area contributed by atoms with E-state index >= 15 is 0 Å². The smallest absolute Gasteiger partial charge is 0.202 e. The topological polar surface area (TPSA) is 17.1 Å². The Hall–Kier alpha value is -1.28. The summed E-state index contributed by atoms with van der Waals surface area (Å²) < 4.78 is 0. The molecule has 4 radical (unpaired) electrons. The first-order chi connectivity index (χ1) is 7.16. The second-order valence-electron chi connectivity index (χ2n) is 3.20. The molecule has 0 spiro atoms. The van der Waals surface area contributed by atoms with Gasteiger partial charge in [-0.25, -0.2) is 0 Å². The van der Waals surface area contributed by atoms with Gasteiger partial charge in [0.25, 0.3) is 0 Å². The summed E-state index contributed by atoms with van der Waals surface area (Å²) in [5.41, 5.74) is 1.80. The molecule has 0 amide bonds. The summed E-state index contributed by atoms with van der Waals surface area (Å²) in [5, 5.41) is 1.75. The maximum Gasteiger partial charge on any atom is 0.202 e. The molecule has 2 aromatic rings. The fourth-order valence-corrected chi connectivity index (χ4v) is 2.05. The zero-order valence-corrected chi connectivity index (χ0v) is 8.75. The molecule has 68 valence electrons. The van der Waals surface area contributed by atoms with Crippen LogP contribution in [-0.2, 0) is 0 Å². The minimum absolute atomic E-state index is 0.0380. The van der Waals surface area contributed by atoms with E-state index in [1.807, 2.05) is 0 Å². The van der Waals surface area contributed by atoms with Gasteiger partial charge in [0, 0.05) is 5.56 Å². The van der Waals surface area contributed by atoms with Crippen LogP contribution < -0.4 is 10.9 Å². The molecule has 4 heteroatoms. The SMILES string of the molecule is [B]c1cccc(C(=O)c2cc([B])cs2)c1. The van der Waals surface area contributed by atoms with Crippen molar-refractivity contribution in [1.29, 1.82) is 0 Å². The van der Waals surface area contributed by atoms with E-state index in [2.05, 4.69) is 0 Å². The van der Waals surface area contributed by atoms with E-state index in [0.717, 1.165) is 0 Å². The predicted molar refractivity (Wildman–Crippen MR) is 65.0 cm³/mol. The number of ketones is 1. The van der Waals surface area contributed by atoms with Gasteiger partial charge in [0.2, 0.25) is 5.78 Å². The van der Waals surface area contributed by atoms with Crippen molar-refractivity contribution in [2.75, 3.05) is 0 Å². The van der Waals surface area contributed by atoms with Crippen LogP contribution in [0.1, 0.15) is 15.2 Å². The Labute approximate surface area is 95.0 Å². The number of hydrogen-bond acceptors (Lipinski definition) is 2. The lowest BCUT2D eigenvalue weighted by atomic mass is 9.93. The van der Waals surface area contributed by atoms with E-state index in [-0.39, 0.29) is 5.78 Å². The molecule has 0 saturated heterocycles. The molecule has 0 aliphatic carbocycles. The maximum absolute atomic E-state index is 11.9. The van der Waals surface area contributed by atoms with E-state index in [1.165, 1.54) is 11.3 Å². The van der Waals surface area contributed by atoms with Gasteiger partial charge < -0.3 is 0 Å². The first-order valence-electron chi connectivity index (χ1n) is 4.41. The summed E-state index contributed by atoms with van der Waals surface area (Å²) in [4.78, 5) is 12.5. The molecule has 0 fully saturated rings. The average molecular weight is 208 g/mol. The lowest BCUT2D eigenvalue weighted by Gasteiger charge is -1.99. The molecule has 0 N–H and O–H groups in total. The van der Waals surface area contributed by atoms with Gasteiger partial charge in [-0.05, 0) is 11.4 Å². The molecule has 1 heterocycles. The molecule has 0 saturated carbocycles. The second-order valence-corrected chi connectivity index (χ2v) is 4.11. The van der Waals surface area contributed by atoms with Crippen molar-refractivity contribution in [3.05, 3.63) is 46.2 Å². The van der Waals surface area contributed by atoms with Crippen LogP contribution in [0, 0.1) is 0 Å². The molecule has 1 aromatic heterocycles. The maximum atomic E-state index is 11.9. The van der Waals surface area contributed by atoms with Gasteiger partial charge >= 0.3 is 0 Å². The fraction of sp³-hybridized carbons (Fsp3) is 0. The first kappa shape index (κ1) is 10.2. The third kappa shape index (κ3) is 2.21. The lowest BCUT2D eigenvalue weighted by Crippen LogP contribution is -2.07. The molecule has 0 aliphatic heterocycles. The first-order valence-corrected chi connectivity index (χ1v) is 5.29. The van der Waals surface area contributed by atoms with E-state index in [9.17, 15) is 4.79 Å². The number of rotatable bonds is 2. The molecule has 0 bridgehead atoms. The minimum atomic E-state index is -0.0380. The molecule has 0 aliphatic rings. The largest absolute Gasteiger partial charge is 0.288 e. The summed E-state index contributed by atoms with van der Waals surface area (Å²) in [7, 11) is 11.2. The van der Waals surface area contributed by atoms with E-state index in [1.54, 1.807) is 35.7 Å². The number of hydrogen-bond donors (Lipinski definition) is 0. The van der Waals surface area contributed by atoms with Crippen molar-refractivity contribution < 1.29 is 4.79 Å². The van der Waals surface area contributed by atoms with Gasteiger partial charge in [-0.3, -0.25) is 4.79 Å². The Morgan fingerprint density at radius 1 is 1.13 bits per heavy atom. The number of thiophene rings is 1. The quantitative estimate of drug-likeness (QED) is 0.520. The molecule has 1 nitrogen and oxygen atoms in total. The molecular weight excluding hydrogens is 202 g/mol. The van der Waals surface area contributed by atoms with E-state index in [0.29, 0.717) is 21.4 Å². The van der Waals surface area contributed by atoms with Crippen molar-refractivity contribution in [2.45, 2.75) is 0 Å². The zero-order chi connectivity index (χ0) is 10.8. The second kappa shape index (κ2) is 4.07. The summed E-state index contributed by atoms with van der Waals surface area (Å²) in [6.07, 6.45) is 0. The number of carbonyl (C=O) groups excluding carboxylic acids is 1. The number of benzene rings is 1. The standard InChI is InChI=1S/C11H6B2OS/c12-8-3-1-2-7(4-8)11(14)10-5-9(13)6-15-10/h1-6H. The van der Waals surface area contributed by atoms with Crippen LogP contribution in [0.5, 0.6) is 0 Å². The Bertz CT molecular complexity index is 505. The van der Waals surface area contributed by atoms with Gasteiger partial charge in [-0.15, -0.1) is 11.3 Å². The van der Waals surface area contributed by atoms with E-state index < -0.39 is 0 Å². The van der Waals surface area contributed by atoms with Gasteiger partial charge in [0.1, 0.15) is 15.7 Å². The molecule has 0 atom stereocenters.